The maximum atomic E-state index is 14.6. The molecule has 2 aromatic rings. The Bertz CT molecular complexity index is 1860. The summed E-state index contributed by atoms with van der Waals surface area (Å²) < 4.78 is 78.5. The van der Waals surface area contributed by atoms with Crippen molar-refractivity contribution in [1.29, 1.82) is 0 Å². The van der Waals surface area contributed by atoms with E-state index in [9.17, 15) is 47.5 Å². The van der Waals surface area contributed by atoms with E-state index < -0.39 is 86.2 Å². The predicted molar refractivity (Wildman–Crippen MR) is 196 cm³/mol. The molecule has 2 fully saturated rings. The maximum absolute atomic E-state index is 14.6. The molecule has 20 heteroatoms. The van der Waals surface area contributed by atoms with E-state index in [1.807, 2.05) is 0 Å². The van der Waals surface area contributed by atoms with Crippen LogP contribution in [0.4, 0.5) is 8.78 Å². The van der Waals surface area contributed by atoms with Gasteiger partial charge in [-0.3, -0.25) is 47.8 Å². The van der Waals surface area contributed by atoms with Crippen LogP contribution in [0.25, 0.3) is 0 Å². The molecule has 2 aromatic carbocycles. The minimum Gasteiger partial charge on any atom is -0.438 e. The van der Waals surface area contributed by atoms with Crippen molar-refractivity contribution in [2.75, 3.05) is 26.7 Å². The molecule has 2 aliphatic heterocycles. The van der Waals surface area contributed by atoms with Gasteiger partial charge < -0.3 is 9.47 Å². The molecule has 4 N–H and O–H groups in total. The second-order valence-electron chi connectivity index (χ2n) is 15.3. The lowest BCUT2D eigenvalue weighted by atomic mass is 9.84. The first kappa shape index (κ1) is 45.1. The monoisotopic (exact) mass is 830 g/mol. The zero-order valence-corrected chi connectivity index (χ0v) is 33.8. The Balaban J connectivity index is 1.47. The third kappa shape index (κ3) is 11.7. The summed E-state index contributed by atoms with van der Waals surface area (Å²) >= 11 is 0. The molecule has 2 amide bonds. The lowest BCUT2D eigenvalue weighted by Crippen LogP contribution is -2.44. The zero-order chi connectivity index (χ0) is 41.5. The van der Waals surface area contributed by atoms with E-state index in [2.05, 4.69) is 10.2 Å². The first-order chi connectivity index (χ1) is 26.1. The summed E-state index contributed by atoms with van der Waals surface area (Å²) in [5.41, 5.74) is -3.90. The fourth-order valence-corrected chi connectivity index (χ4v) is 10.1. The van der Waals surface area contributed by atoms with Crippen molar-refractivity contribution >= 4 is 38.8 Å². The van der Waals surface area contributed by atoms with Crippen LogP contribution in [0.5, 0.6) is 0 Å². The third-order valence-corrected chi connectivity index (χ3v) is 14.1. The number of esters is 2. The molecular weight excluding hydrogens is 780 g/mol. The summed E-state index contributed by atoms with van der Waals surface area (Å²) in [4.78, 5) is 51.5. The molecule has 2 aliphatic rings. The molecule has 4 atom stereocenters. The summed E-state index contributed by atoms with van der Waals surface area (Å²) in [6.07, 6.45) is 0.651. The molecule has 0 saturated carbocycles. The Morgan fingerprint density at radius 3 is 1.82 bits per heavy atom. The first-order valence-corrected chi connectivity index (χ1v) is 21.4. The lowest BCUT2D eigenvalue weighted by molar-refractivity contribution is -0.170. The molecule has 16 nitrogen and oxygen atoms in total. The SMILES string of the molecule is CC(C)(C)C(=O)OCOP(=O)(NCc1ccc(F)cc1CC(C)(C)C(=O)OCOP(=O)(NCc1cccc(F)c1)C1CCCN(O)C1=O)C1CCCN(O)C1=O. The topological polar surface area (TPSA) is 210 Å². The molecule has 0 aromatic heterocycles. The molecule has 310 valence electrons. The van der Waals surface area contributed by atoms with Crippen molar-refractivity contribution in [1.82, 2.24) is 20.3 Å². The number of halogens is 2. The second-order valence-corrected chi connectivity index (χ2v) is 20.1. The number of piperidine rings is 2. The third-order valence-electron chi connectivity index (χ3n) is 9.31. The summed E-state index contributed by atoms with van der Waals surface area (Å²) in [7, 11) is -8.41. The fraction of sp³-hybridized carbons (Fsp3) is 0.556. The number of benzene rings is 2. The highest BCUT2D eigenvalue weighted by molar-refractivity contribution is 7.59. The quantitative estimate of drug-likeness (QED) is 0.0659. The van der Waals surface area contributed by atoms with Crippen LogP contribution in [0.15, 0.2) is 42.5 Å². The van der Waals surface area contributed by atoms with E-state index in [1.54, 1.807) is 26.8 Å². The molecule has 0 bridgehead atoms. The van der Waals surface area contributed by atoms with Crippen molar-refractivity contribution in [3.05, 3.63) is 70.8 Å². The summed E-state index contributed by atoms with van der Waals surface area (Å²) in [5.74, 6) is -4.40. The molecule has 2 saturated heterocycles. The Labute approximate surface area is 324 Å². The average Bonchev–Trinajstić information content (AvgIpc) is 3.12. The number of amides is 2. The maximum Gasteiger partial charge on any atom is 0.313 e. The summed E-state index contributed by atoms with van der Waals surface area (Å²) in [5, 5.41) is 26.4. The van der Waals surface area contributed by atoms with Crippen LogP contribution >= 0.6 is 15.0 Å². The van der Waals surface area contributed by atoms with Gasteiger partial charge in [-0.2, -0.15) is 0 Å². The highest BCUT2D eigenvalue weighted by Gasteiger charge is 2.46. The summed E-state index contributed by atoms with van der Waals surface area (Å²) in [6.45, 7) is 5.81. The van der Waals surface area contributed by atoms with Gasteiger partial charge in [0.25, 0.3) is 26.9 Å². The van der Waals surface area contributed by atoms with E-state index in [1.165, 1.54) is 44.2 Å². The molecular formula is C36H50F2N4O12P2. The van der Waals surface area contributed by atoms with Crippen LogP contribution in [0, 0.1) is 22.5 Å². The molecule has 0 spiro atoms. The minimum absolute atomic E-state index is 0.0234. The van der Waals surface area contributed by atoms with Crippen LogP contribution in [0.2, 0.25) is 0 Å². The van der Waals surface area contributed by atoms with Gasteiger partial charge in [-0.15, -0.1) is 0 Å². The van der Waals surface area contributed by atoms with Gasteiger partial charge in [0.15, 0.2) is 13.6 Å². The number of hydrogen-bond donors (Lipinski definition) is 4. The molecule has 2 heterocycles. The van der Waals surface area contributed by atoms with Crippen molar-refractivity contribution in [3.63, 3.8) is 0 Å². The number of rotatable bonds is 17. The number of carbonyl (C=O) groups excluding carboxylic acids is 4. The van der Waals surface area contributed by atoms with Crippen molar-refractivity contribution in [2.24, 2.45) is 10.8 Å². The van der Waals surface area contributed by atoms with Crippen LogP contribution in [-0.4, -0.2) is 82.3 Å². The van der Waals surface area contributed by atoms with Gasteiger partial charge in [-0.05, 0) is 108 Å². The van der Waals surface area contributed by atoms with Gasteiger partial charge in [0.2, 0.25) is 0 Å². The smallest absolute Gasteiger partial charge is 0.313 e. The second kappa shape index (κ2) is 18.8. The Morgan fingerprint density at radius 2 is 1.29 bits per heavy atom. The normalized spacial score (nSPS) is 20.3. The average molecular weight is 831 g/mol. The number of carbonyl (C=O) groups is 4. The van der Waals surface area contributed by atoms with E-state index in [4.69, 9.17) is 18.5 Å². The van der Waals surface area contributed by atoms with Gasteiger partial charge in [0, 0.05) is 26.2 Å². The molecule has 0 radical (unpaired) electrons. The van der Waals surface area contributed by atoms with E-state index >= 15 is 0 Å². The Morgan fingerprint density at radius 1 is 0.768 bits per heavy atom. The molecule has 0 aliphatic carbocycles. The zero-order valence-electron chi connectivity index (χ0n) is 32.0. The van der Waals surface area contributed by atoms with E-state index in [0.29, 0.717) is 34.1 Å². The van der Waals surface area contributed by atoms with Crippen LogP contribution in [-0.2, 0) is 66.3 Å². The van der Waals surface area contributed by atoms with Gasteiger partial charge in [0.05, 0.1) is 10.8 Å². The van der Waals surface area contributed by atoms with Crippen LogP contribution in [0.1, 0.15) is 77.0 Å². The number of nitrogens with zero attached hydrogens (tertiary/aromatic N) is 2. The fourth-order valence-electron chi connectivity index (χ4n) is 6.05. The standard InChI is InChI=1S/C36H50F2N4O12P2/c1-35(2,3)33(45)51-22-53-56(50,30-12-8-16-42(48)32(30)44)40-21-25-13-14-28(38)18-26(25)19-36(4,5)34(46)52-23-54-55(49,29-11-7-15-41(47)31(29)43)39-20-24-9-6-10-27(37)17-24/h6,9-10,13-14,17-18,29-30,47-48H,7-8,11-12,15-16,19-23H2,1-5H3,(H,39,49)(H,40,50). The number of nitrogens with one attached hydrogen (secondary N) is 2. The van der Waals surface area contributed by atoms with Gasteiger partial charge in [-0.1, -0.05) is 18.2 Å². The molecule has 4 unspecified atom stereocenters. The number of hydroxylamine groups is 4. The highest BCUT2D eigenvalue weighted by atomic mass is 31.2. The van der Waals surface area contributed by atoms with E-state index in [0.717, 1.165) is 6.07 Å². The Kier molecular flexibility index (Phi) is 15.1. The predicted octanol–water partition coefficient (Wildman–Crippen LogP) is 5.64. The minimum atomic E-state index is -4.22. The number of hydrogen-bond acceptors (Lipinski definition) is 12. The highest BCUT2D eigenvalue weighted by Crippen LogP contribution is 2.53. The summed E-state index contributed by atoms with van der Waals surface area (Å²) in [6, 6.07) is 9.14. The van der Waals surface area contributed by atoms with Crippen LogP contribution < -0.4 is 10.2 Å². The van der Waals surface area contributed by atoms with Crippen LogP contribution in [0.3, 0.4) is 0 Å². The van der Waals surface area contributed by atoms with Gasteiger partial charge in [-0.25, -0.2) is 29.1 Å². The largest absolute Gasteiger partial charge is 0.438 e. The van der Waals surface area contributed by atoms with Crippen molar-refractivity contribution in [3.8, 4) is 0 Å². The Hall–Kier alpha value is -3.60. The molecule has 4 rings (SSSR count). The number of ether oxygens (including phenoxy) is 2. The van der Waals surface area contributed by atoms with Gasteiger partial charge in [0.1, 0.15) is 23.0 Å². The first-order valence-electron chi connectivity index (χ1n) is 18.0. The lowest BCUT2D eigenvalue weighted by Gasteiger charge is -2.33. The molecule has 56 heavy (non-hydrogen) atoms. The van der Waals surface area contributed by atoms with Crippen molar-refractivity contribution < 1.29 is 66.0 Å². The van der Waals surface area contributed by atoms with Gasteiger partial charge >= 0.3 is 11.9 Å². The van der Waals surface area contributed by atoms with E-state index in [-0.39, 0.29) is 51.0 Å². The van der Waals surface area contributed by atoms with Crippen molar-refractivity contribution in [2.45, 2.75) is 91.1 Å².